The summed E-state index contributed by atoms with van der Waals surface area (Å²) in [6.45, 7) is 3.45. The van der Waals surface area contributed by atoms with Gasteiger partial charge in [-0.3, -0.25) is 4.79 Å². The lowest BCUT2D eigenvalue weighted by Gasteiger charge is -2.40. The summed E-state index contributed by atoms with van der Waals surface area (Å²) >= 11 is 0. The summed E-state index contributed by atoms with van der Waals surface area (Å²) in [5, 5.41) is 75.0. The topological polar surface area (TPSA) is 189 Å². The highest BCUT2D eigenvalue weighted by Gasteiger charge is 2.44. The summed E-state index contributed by atoms with van der Waals surface area (Å²) in [5.41, 5.74) is 0. The largest absolute Gasteiger partial charge is 0.394 e. The number of nitrogens with one attached hydrogen (secondary N) is 1. The number of carbonyl (C=O) groups excluding carboxylic acids is 1. The number of rotatable bonds is 33. The number of amides is 1. The van der Waals surface area contributed by atoms with Gasteiger partial charge in [0, 0.05) is 6.42 Å². The Morgan fingerprint density at radius 2 is 1.20 bits per heavy atom. The Hall–Kier alpha value is -1.15. The molecule has 0 radical (unpaired) electrons. The molecule has 1 amide bonds. The molecule has 0 aliphatic carbocycles. The zero-order valence-corrected chi connectivity index (χ0v) is 32.1. The molecular weight excluding hydrogens is 654 g/mol. The van der Waals surface area contributed by atoms with E-state index in [1.54, 1.807) is 0 Å². The molecule has 0 aromatic heterocycles. The third-order valence-electron chi connectivity index (χ3n) is 10.0. The molecule has 9 atom stereocenters. The van der Waals surface area contributed by atoms with Gasteiger partial charge in [0.1, 0.15) is 30.5 Å². The second-order valence-electron chi connectivity index (χ2n) is 14.7. The van der Waals surface area contributed by atoms with Crippen LogP contribution in [0, 0.1) is 0 Å². The predicted molar refractivity (Wildman–Crippen MR) is 201 cm³/mol. The molecule has 11 heteroatoms. The van der Waals surface area contributed by atoms with Crippen molar-refractivity contribution in [1.82, 2.24) is 5.32 Å². The fraction of sp³-hybridized carbons (Fsp3) is 0.925. The number of aliphatic hydroxyl groups is 7. The molecule has 302 valence electrons. The Morgan fingerprint density at radius 1 is 0.686 bits per heavy atom. The standard InChI is InChI=1S/C40H77NO10/c1-3-5-7-9-10-11-12-13-14-15-16-20-24-28-35(45)41-32(30-50-40-39(49)38(48)37(47)34(29-42)51-40)36(46)33(44)27-23-19-17-18-22-26-31(43)25-21-8-6-4-2/h11-12,31-34,36-40,42-44,46-49H,3-10,13-30H2,1-2H3,(H,41,45)/b12-11+/t31-,32-,33-,34-,36+,37-,38+,39-,40-/m1/s1. The van der Waals surface area contributed by atoms with Crippen molar-refractivity contribution >= 4 is 5.91 Å². The van der Waals surface area contributed by atoms with E-state index in [1.807, 2.05) is 0 Å². The molecule has 1 rings (SSSR count). The van der Waals surface area contributed by atoms with Crippen LogP contribution in [0.3, 0.4) is 0 Å². The van der Waals surface area contributed by atoms with Gasteiger partial charge < -0.3 is 50.5 Å². The van der Waals surface area contributed by atoms with Gasteiger partial charge in [0.25, 0.3) is 0 Å². The van der Waals surface area contributed by atoms with Crippen LogP contribution in [0.4, 0.5) is 0 Å². The lowest BCUT2D eigenvalue weighted by Crippen LogP contribution is -2.60. The van der Waals surface area contributed by atoms with Crippen LogP contribution >= 0.6 is 0 Å². The van der Waals surface area contributed by atoms with Crippen LogP contribution in [0.15, 0.2) is 12.2 Å². The summed E-state index contributed by atoms with van der Waals surface area (Å²) < 4.78 is 11.1. The Morgan fingerprint density at radius 3 is 1.78 bits per heavy atom. The molecule has 1 saturated heterocycles. The summed E-state index contributed by atoms with van der Waals surface area (Å²) in [6, 6.07) is -1.02. The second-order valence-corrected chi connectivity index (χ2v) is 14.7. The average Bonchev–Trinajstić information content (AvgIpc) is 3.12. The van der Waals surface area contributed by atoms with Gasteiger partial charge in [-0.05, 0) is 51.4 Å². The highest BCUT2D eigenvalue weighted by atomic mass is 16.7. The number of unbranched alkanes of at least 4 members (excludes halogenated alkanes) is 16. The van der Waals surface area contributed by atoms with Crippen molar-refractivity contribution in [2.45, 2.75) is 223 Å². The van der Waals surface area contributed by atoms with E-state index in [2.05, 4.69) is 31.3 Å². The second kappa shape index (κ2) is 31.2. The van der Waals surface area contributed by atoms with Gasteiger partial charge in [-0.15, -0.1) is 0 Å². The molecule has 1 aliphatic rings. The van der Waals surface area contributed by atoms with Crippen molar-refractivity contribution in [3.05, 3.63) is 12.2 Å². The fourth-order valence-corrected chi connectivity index (χ4v) is 6.56. The fourth-order valence-electron chi connectivity index (χ4n) is 6.56. The molecule has 0 aromatic rings. The summed E-state index contributed by atoms with van der Waals surface area (Å²) in [6.07, 6.45) is 18.0. The third kappa shape index (κ3) is 22.6. The first kappa shape index (κ1) is 47.9. The molecular formula is C40H77NO10. The smallest absolute Gasteiger partial charge is 0.220 e. The van der Waals surface area contributed by atoms with Gasteiger partial charge in [0.15, 0.2) is 6.29 Å². The molecule has 11 nitrogen and oxygen atoms in total. The maximum Gasteiger partial charge on any atom is 0.220 e. The first-order valence-corrected chi connectivity index (χ1v) is 20.6. The van der Waals surface area contributed by atoms with Crippen LogP contribution in [0.5, 0.6) is 0 Å². The number of aliphatic hydroxyl groups excluding tert-OH is 7. The van der Waals surface area contributed by atoms with Gasteiger partial charge in [0.05, 0.1) is 31.5 Å². The number of allylic oxidation sites excluding steroid dienone is 2. The van der Waals surface area contributed by atoms with Crippen molar-refractivity contribution in [2.75, 3.05) is 13.2 Å². The van der Waals surface area contributed by atoms with E-state index in [0.29, 0.717) is 19.3 Å². The van der Waals surface area contributed by atoms with E-state index in [4.69, 9.17) is 9.47 Å². The summed E-state index contributed by atoms with van der Waals surface area (Å²) in [5.74, 6) is -0.290. The monoisotopic (exact) mass is 732 g/mol. The zero-order valence-electron chi connectivity index (χ0n) is 32.1. The maximum atomic E-state index is 12.9. The predicted octanol–water partition coefficient (Wildman–Crippen LogP) is 5.33. The van der Waals surface area contributed by atoms with Crippen molar-refractivity contribution in [3.63, 3.8) is 0 Å². The Balaban J connectivity index is 2.50. The van der Waals surface area contributed by atoms with Crippen LogP contribution < -0.4 is 5.32 Å². The molecule has 0 saturated carbocycles. The molecule has 1 heterocycles. The van der Waals surface area contributed by atoms with Gasteiger partial charge in [0.2, 0.25) is 5.91 Å². The molecule has 0 aromatic carbocycles. The summed E-state index contributed by atoms with van der Waals surface area (Å²) in [4.78, 5) is 12.9. The van der Waals surface area contributed by atoms with Crippen LogP contribution in [0.1, 0.15) is 168 Å². The third-order valence-corrected chi connectivity index (χ3v) is 10.0. The van der Waals surface area contributed by atoms with Crippen LogP contribution in [0.25, 0.3) is 0 Å². The molecule has 0 bridgehead atoms. The van der Waals surface area contributed by atoms with Crippen LogP contribution in [-0.2, 0) is 14.3 Å². The van der Waals surface area contributed by atoms with E-state index >= 15 is 0 Å². The Bertz CT molecular complexity index is 846. The van der Waals surface area contributed by atoms with E-state index in [-0.39, 0.29) is 25.0 Å². The number of carbonyl (C=O) groups is 1. The Kier molecular flexibility index (Phi) is 29.3. The zero-order chi connectivity index (χ0) is 37.7. The van der Waals surface area contributed by atoms with Crippen molar-refractivity contribution < 1.29 is 50.0 Å². The number of hydrogen-bond donors (Lipinski definition) is 8. The molecule has 0 unspecified atom stereocenters. The first-order valence-electron chi connectivity index (χ1n) is 20.6. The quantitative estimate of drug-likeness (QED) is 0.0324. The van der Waals surface area contributed by atoms with Crippen molar-refractivity contribution in [3.8, 4) is 0 Å². The lowest BCUT2D eigenvalue weighted by atomic mass is 9.98. The minimum Gasteiger partial charge on any atom is -0.394 e. The van der Waals surface area contributed by atoms with Gasteiger partial charge >= 0.3 is 0 Å². The van der Waals surface area contributed by atoms with Crippen LogP contribution in [0.2, 0.25) is 0 Å². The highest BCUT2D eigenvalue weighted by Crippen LogP contribution is 2.23. The Labute approximate surface area is 309 Å². The van der Waals surface area contributed by atoms with E-state index in [0.717, 1.165) is 83.5 Å². The minimum atomic E-state index is -1.62. The molecule has 0 spiro atoms. The first-order chi connectivity index (χ1) is 24.7. The molecule has 8 N–H and O–H groups in total. The highest BCUT2D eigenvalue weighted by molar-refractivity contribution is 5.76. The normalized spacial score (nSPS) is 23.4. The van der Waals surface area contributed by atoms with Crippen molar-refractivity contribution in [1.29, 1.82) is 0 Å². The number of hydrogen-bond acceptors (Lipinski definition) is 10. The minimum absolute atomic E-state index is 0.238. The lowest BCUT2D eigenvalue weighted by molar-refractivity contribution is -0.303. The van der Waals surface area contributed by atoms with Gasteiger partial charge in [-0.25, -0.2) is 0 Å². The van der Waals surface area contributed by atoms with Gasteiger partial charge in [-0.2, -0.15) is 0 Å². The summed E-state index contributed by atoms with van der Waals surface area (Å²) in [7, 11) is 0. The SMILES string of the molecule is CCCCCC/C=C/CCCCCCCC(=O)N[C@H](CO[C@@H]1O[C@H](CO)[C@@H](O)[C@H](O)[C@H]1O)[C@H](O)[C@H](O)CCCCCCC[C@H](O)CCCCCC. The van der Waals surface area contributed by atoms with E-state index in [1.165, 1.54) is 44.9 Å². The van der Waals surface area contributed by atoms with Crippen LogP contribution in [-0.4, -0.2) is 110 Å². The maximum absolute atomic E-state index is 12.9. The van der Waals surface area contributed by atoms with Crippen molar-refractivity contribution in [2.24, 2.45) is 0 Å². The molecule has 1 fully saturated rings. The van der Waals surface area contributed by atoms with E-state index in [9.17, 15) is 40.5 Å². The van der Waals surface area contributed by atoms with Gasteiger partial charge in [-0.1, -0.05) is 122 Å². The molecule has 1 aliphatic heterocycles. The average molecular weight is 732 g/mol. The van der Waals surface area contributed by atoms with E-state index < -0.39 is 55.6 Å². The molecule has 51 heavy (non-hydrogen) atoms. The number of ether oxygens (including phenoxy) is 2.